The Bertz CT molecular complexity index is 737. The number of hydrogen-bond acceptors (Lipinski definition) is 5. The maximum Gasteiger partial charge on any atom is 0.235 e. The Balaban J connectivity index is 1.75. The molecule has 7 heteroatoms. The number of benzene rings is 1. The summed E-state index contributed by atoms with van der Waals surface area (Å²) in [6.07, 6.45) is 4.64. The monoisotopic (exact) mass is 359 g/mol. The van der Waals surface area contributed by atoms with Crippen LogP contribution in [0.1, 0.15) is 43.7 Å². The van der Waals surface area contributed by atoms with Gasteiger partial charge in [0, 0.05) is 13.1 Å². The fourth-order valence-electron chi connectivity index (χ4n) is 3.20. The second-order valence-electron chi connectivity index (χ2n) is 6.66. The Hall–Kier alpha value is -1.89. The highest BCUT2D eigenvalue weighted by molar-refractivity contribution is 8.00. The van der Waals surface area contributed by atoms with E-state index in [1.54, 1.807) is 4.68 Å². The van der Waals surface area contributed by atoms with Crippen LogP contribution in [0.25, 0.3) is 5.69 Å². The van der Waals surface area contributed by atoms with E-state index < -0.39 is 0 Å². The number of carbonyl (C=O) groups excluding carboxylic acids is 1. The Kier molecular flexibility index (Phi) is 5.73. The summed E-state index contributed by atoms with van der Waals surface area (Å²) in [6.45, 7) is 7.79. The average molecular weight is 359 g/mol. The molecule has 1 aliphatic rings. The Morgan fingerprint density at radius 1 is 1.16 bits per heavy atom. The number of nitrogens with zero attached hydrogens (tertiary/aromatic N) is 5. The normalized spacial score (nSPS) is 16.5. The van der Waals surface area contributed by atoms with Gasteiger partial charge in [0.05, 0.1) is 10.9 Å². The van der Waals surface area contributed by atoms with Gasteiger partial charge in [-0.05, 0) is 55.7 Å². The fourth-order valence-corrected chi connectivity index (χ4v) is 4.09. The second kappa shape index (κ2) is 7.99. The van der Waals surface area contributed by atoms with Gasteiger partial charge in [0.1, 0.15) is 0 Å². The van der Waals surface area contributed by atoms with Crippen LogP contribution in [-0.4, -0.2) is 49.4 Å². The van der Waals surface area contributed by atoms with Gasteiger partial charge in [-0.25, -0.2) is 0 Å². The van der Waals surface area contributed by atoms with Crippen molar-refractivity contribution in [1.82, 2.24) is 25.1 Å². The van der Waals surface area contributed by atoms with Crippen LogP contribution in [0.15, 0.2) is 23.4 Å². The number of rotatable bonds is 4. The van der Waals surface area contributed by atoms with Gasteiger partial charge in [-0.2, -0.15) is 4.68 Å². The summed E-state index contributed by atoms with van der Waals surface area (Å²) in [7, 11) is 0. The van der Waals surface area contributed by atoms with Gasteiger partial charge in [-0.3, -0.25) is 4.79 Å². The van der Waals surface area contributed by atoms with Gasteiger partial charge in [0.15, 0.2) is 0 Å². The number of amides is 1. The molecule has 2 aromatic rings. The lowest BCUT2D eigenvalue weighted by Crippen LogP contribution is -2.37. The molecule has 0 saturated carbocycles. The zero-order valence-corrected chi connectivity index (χ0v) is 15.9. The minimum Gasteiger partial charge on any atom is -0.342 e. The van der Waals surface area contributed by atoms with E-state index in [-0.39, 0.29) is 11.2 Å². The molecule has 6 nitrogen and oxygen atoms in total. The van der Waals surface area contributed by atoms with Crippen molar-refractivity contribution in [3.8, 4) is 5.69 Å². The van der Waals surface area contributed by atoms with E-state index in [4.69, 9.17) is 0 Å². The van der Waals surface area contributed by atoms with Crippen LogP contribution in [-0.2, 0) is 4.79 Å². The molecule has 1 unspecified atom stereocenters. The van der Waals surface area contributed by atoms with Gasteiger partial charge < -0.3 is 4.90 Å². The van der Waals surface area contributed by atoms with E-state index >= 15 is 0 Å². The van der Waals surface area contributed by atoms with Crippen molar-refractivity contribution >= 4 is 17.7 Å². The van der Waals surface area contributed by atoms with E-state index in [9.17, 15) is 4.79 Å². The van der Waals surface area contributed by atoms with Crippen molar-refractivity contribution in [2.45, 2.75) is 56.9 Å². The third kappa shape index (κ3) is 4.21. The Morgan fingerprint density at radius 3 is 2.56 bits per heavy atom. The molecule has 25 heavy (non-hydrogen) atoms. The number of tetrazole rings is 1. The first-order chi connectivity index (χ1) is 12.1. The molecule has 1 aromatic heterocycles. The largest absolute Gasteiger partial charge is 0.342 e. The lowest BCUT2D eigenvalue weighted by atomic mass is 10.1. The van der Waals surface area contributed by atoms with E-state index in [0.29, 0.717) is 5.16 Å². The van der Waals surface area contributed by atoms with Crippen LogP contribution in [0.5, 0.6) is 0 Å². The molecular formula is C18H25N5OS. The lowest BCUT2D eigenvalue weighted by Gasteiger charge is -2.23. The van der Waals surface area contributed by atoms with Gasteiger partial charge >= 0.3 is 0 Å². The first-order valence-electron chi connectivity index (χ1n) is 8.87. The first kappa shape index (κ1) is 17.9. The summed E-state index contributed by atoms with van der Waals surface area (Å²) in [5.74, 6) is 0.182. The maximum absolute atomic E-state index is 12.8. The van der Waals surface area contributed by atoms with E-state index in [1.165, 1.54) is 30.2 Å². The molecule has 1 atom stereocenters. The van der Waals surface area contributed by atoms with Crippen molar-refractivity contribution < 1.29 is 4.79 Å². The number of aromatic nitrogens is 4. The number of aryl methyl sites for hydroxylation is 2. The van der Waals surface area contributed by atoms with E-state index in [0.717, 1.165) is 37.2 Å². The summed E-state index contributed by atoms with van der Waals surface area (Å²) in [4.78, 5) is 14.8. The molecule has 0 aliphatic carbocycles. The van der Waals surface area contributed by atoms with Crippen molar-refractivity contribution in [2.75, 3.05) is 13.1 Å². The first-order valence-corrected chi connectivity index (χ1v) is 9.75. The molecule has 134 valence electrons. The highest BCUT2D eigenvalue weighted by Crippen LogP contribution is 2.26. The minimum atomic E-state index is -0.200. The van der Waals surface area contributed by atoms with E-state index in [2.05, 4.69) is 28.5 Å². The molecule has 1 saturated heterocycles. The number of likely N-dealkylation sites (tertiary alicyclic amines) is 1. The molecule has 0 radical (unpaired) electrons. The lowest BCUT2D eigenvalue weighted by molar-refractivity contribution is -0.130. The van der Waals surface area contributed by atoms with Crippen molar-refractivity contribution in [2.24, 2.45) is 0 Å². The maximum atomic E-state index is 12.8. The van der Waals surface area contributed by atoms with Gasteiger partial charge in [0.2, 0.25) is 11.1 Å². The topological polar surface area (TPSA) is 63.9 Å². The number of thioether (sulfide) groups is 1. The van der Waals surface area contributed by atoms with Crippen LogP contribution >= 0.6 is 11.8 Å². The second-order valence-corrected chi connectivity index (χ2v) is 7.97. The highest BCUT2D eigenvalue weighted by atomic mass is 32.2. The summed E-state index contributed by atoms with van der Waals surface area (Å²) in [5, 5.41) is 12.5. The summed E-state index contributed by atoms with van der Waals surface area (Å²) < 4.78 is 1.73. The highest BCUT2D eigenvalue weighted by Gasteiger charge is 2.24. The molecule has 1 fully saturated rings. The Labute approximate surface area is 153 Å². The van der Waals surface area contributed by atoms with Crippen molar-refractivity contribution in [3.63, 3.8) is 0 Å². The average Bonchev–Trinajstić information content (AvgIpc) is 2.86. The van der Waals surface area contributed by atoms with Crippen LogP contribution in [0, 0.1) is 13.8 Å². The SMILES string of the molecule is Cc1ccc(-n2nnnc2SC(C)C(=O)N2CCCCCC2)c(C)c1. The molecular weight excluding hydrogens is 334 g/mol. The number of carbonyl (C=O) groups is 1. The smallest absolute Gasteiger partial charge is 0.235 e. The van der Waals surface area contributed by atoms with Gasteiger partial charge in [-0.1, -0.05) is 42.3 Å². The molecule has 0 N–H and O–H groups in total. The number of hydrogen-bond donors (Lipinski definition) is 0. The minimum absolute atomic E-state index is 0.182. The third-order valence-corrected chi connectivity index (χ3v) is 5.59. The van der Waals surface area contributed by atoms with Crippen LogP contribution in [0.3, 0.4) is 0 Å². The molecule has 1 amide bonds. The standard InChI is InChI=1S/C18H25N5OS/c1-13-8-9-16(14(2)12-13)23-18(19-20-21-23)25-15(3)17(24)22-10-6-4-5-7-11-22/h8-9,12,15H,4-7,10-11H2,1-3H3. The third-order valence-electron chi connectivity index (χ3n) is 4.57. The molecule has 0 bridgehead atoms. The van der Waals surface area contributed by atoms with Gasteiger partial charge in [0.25, 0.3) is 0 Å². The summed E-state index contributed by atoms with van der Waals surface area (Å²) in [5.41, 5.74) is 3.27. The van der Waals surface area contributed by atoms with Crippen LogP contribution < -0.4 is 0 Å². The van der Waals surface area contributed by atoms with Crippen molar-refractivity contribution in [3.05, 3.63) is 29.3 Å². The molecule has 0 spiro atoms. The van der Waals surface area contributed by atoms with Gasteiger partial charge in [-0.15, -0.1) is 5.10 Å². The predicted molar refractivity (Wildman–Crippen MR) is 99.0 cm³/mol. The van der Waals surface area contributed by atoms with Crippen molar-refractivity contribution in [1.29, 1.82) is 0 Å². The zero-order valence-electron chi connectivity index (χ0n) is 15.1. The van der Waals surface area contributed by atoms with Crippen LogP contribution in [0.4, 0.5) is 0 Å². The molecule has 2 heterocycles. The zero-order chi connectivity index (χ0) is 17.8. The van der Waals surface area contributed by atoms with Crippen LogP contribution in [0.2, 0.25) is 0 Å². The quantitative estimate of drug-likeness (QED) is 0.785. The molecule has 1 aliphatic heterocycles. The summed E-state index contributed by atoms with van der Waals surface area (Å²) >= 11 is 1.43. The van der Waals surface area contributed by atoms with E-state index in [1.807, 2.05) is 30.9 Å². The predicted octanol–water partition coefficient (Wildman–Crippen LogP) is 3.16. The fraction of sp³-hybridized carbons (Fsp3) is 0.556. The molecule has 3 rings (SSSR count). The Morgan fingerprint density at radius 2 is 1.88 bits per heavy atom. The summed E-state index contributed by atoms with van der Waals surface area (Å²) in [6, 6.07) is 6.17. The molecule has 1 aromatic carbocycles.